The lowest BCUT2D eigenvalue weighted by atomic mass is 9.82. The van der Waals surface area contributed by atoms with Gasteiger partial charge < -0.3 is 14.2 Å². The average Bonchev–Trinajstić information content (AvgIpc) is 3.27. The number of ether oxygens (including phenoxy) is 3. The molecule has 3 nitrogen and oxygen atoms in total. The third kappa shape index (κ3) is 1.66. The second kappa shape index (κ2) is 4.08. The van der Waals surface area contributed by atoms with Crippen molar-refractivity contribution in [3.8, 4) is 12.3 Å². The summed E-state index contributed by atoms with van der Waals surface area (Å²) in [6.45, 7) is 4.45. The molecule has 3 aliphatic heterocycles. The molecule has 1 aliphatic carbocycles. The van der Waals surface area contributed by atoms with Gasteiger partial charge in [-0.15, -0.1) is 6.42 Å². The summed E-state index contributed by atoms with van der Waals surface area (Å²) in [5.41, 5.74) is 1.80. The van der Waals surface area contributed by atoms with Gasteiger partial charge in [0, 0.05) is 16.5 Å². The summed E-state index contributed by atoms with van der Waals surface area (Å²) in [5, 5.41) is 0. The molecule has 0 amide bonds. The molecule has 1 saturated carbocycles. The van der Waals surface area contributed by atoms with Gasteiger partial charge in [0.25, 0.3) is 0 Å². The van der Waals surface area contributed by atoms with Crippen molar-refractivity contribution < 1.29 is 14.2 Å². The standard InChI is InChI=1S/C17H18O3/c1-3-13-4-6-14(7-5-13)17-18-9-16(10-19-17,11-20-17)15-8-12(15)2/h1,4-7,12,15H,8-11H2,2H3/t12-,15-,16?,17?/m1/s1. The van der Waals surface area contributed by atoms with Gasteiger partial charge in [-0.3, -0.25) is 0 Å². The Morgan fingerprint density at radius 2 is 1.65 bits per heavy atom. The van der Waals surface area contributed by atoms with Crippen LogP contribution in [0.25, 0.3) is 0 Å². The van der Waals surface area contributed by atoms with Crippen LogP contribution in [0.15, 0.2) is 24.3 Å². The number of rotatable bonds is 2. The van der Waals surface area contributed by atoms with E-state index in [1.807, 2.05) is 24.3 Å². The Hall–Kier alpha value is -1.34. The molecule has 3 heteroatoms. The lowest BCUT2D eigenvalue weighted by Crippen LogP contribution is -2.59. The third-order valence-corrected chi connectivity index (χ3v) is 4.95. The van der Waals surface area contributed by atoms with Crippen LogP contribution in [0.1, 0.15) is 24.5 Å². The van der Waals surface area contributed by atoms with Crippen LogP contribution in [0, 0.1) is 29.6 Å². The van der Waals surface area contributed by atoms with Gasteiger partial charge in [0.1, 0.15) is 0 Å². The fourth-order valence-electron chi connectivity index (χ4n) is 3.48. The van der Waals surface area contributed by atoms with Crippen LogP contribution in [0.4, 0.5) is 0 Å². The first-order chi connectivity index (χ1) is 9.67. The van der Waals surface area contributed by atoms with Crippen LogP contribution in [0.2, 0.25) is 0 Å². The fraction of sp³-hybridized carbons (Fsp3) is 0.529. The van der Waals surface area contributed by atoms with Gasteiger partial charge in [-0.25, -0.2) is 0 Å². The molecule has 1 aromatic carbocycles. The Labute approximate surface area is 119 Å². The van der Waals surface area contributed by atoms with E-state index in [1.54, 1.807) is 0 Å². The first-order valence-electron chi connectivity index (χ1n) is 7.16. The second-order valence-electron chi connectivity index (χ2n) is 6.33. The number of hydrogen-bond acceptors (Lipinski definition) is 3. The highest BCUT2D eigenvalue weighted by Crippen LogP contribution is 2.57. The molecule has 2 bridgehead atoms. The maximum Gasteiger partial charge on any atom is 0.312 e. The van der Waals surface area contributed by atoms with E-state index in [0.717, 1.165) is 36.9 Å². The Balaban J connectivity index is 1.58. The highest BCUT2D eigenvalue weighted by atomic mass is 16.9. The van der Waals surface area contributed by atoms with Gasteiger partial charge in [0.2, 0.25) is 0 Å². The second-order valence-corrected chi connectivity index (χ2v) is 6.33. The number of benzene rings is 1. The van der Waals surface area contributed by atoms with Crippen molar-refractivity contribution in [2.24, 2.45) is 17.3 Å². The van der Waals surface area contributed by atoms with Crippen molar-refractivity contribution in [2.45, 2.75) is 19.3 Å². The minimum absolute atomic E-state index is 0.0694. The summed E-state index contributed by atoms with van der Waals surface area (Å²) in [5.74, 6) is 3.04. The van der Waals surface area contributed by atoms with Crippen LogP contribution in [0.3, 0.4) is 0 Å². The summed E-state index contributed by atoms with van der Waals surface area (Å²) in [4.78, 5) is 0. The summed E-state index contributed by atoms with van der Waals surface area (Å²) in [7, 11) is 0. The molecule has 0 spiro atoms. The molecule has 5 rings (SSSR count). The van der Waals surface area contributed by atoms with Gasteiger partial charge in [-0.1, -0.05) is 12.8 Å². The largest absolute Gasteiger partial charge is 0.323 e. The molecule has 3 heterocycles. The van der Waals surface area contributed by atoms with Gasteiger partial charge in [0.15, 0.2) is 0 Å². The van der Waals surface area contributed by atoms with Crippen LogP contribution >= 0.6 is 0 Å². The van der Waals surface area contributed by atoms with E-state index in [9.17, 15) is 0 Å². The van der Waals surface area contributed by atoms with Crippen LogP contribution in [-0.4, -0.2) is 19.8 Å². The molecule has 0 radical (unpaired) electrons. The van der Waals surface area contributed by atoms with E-state index in [-0.39, 0.29) is 5.41 Å². The Kier molecular flexibility index (Phi) is 2.53. The summed E-state index contributed by atoms with van der Waals surface area (Å²) >= 11 is 0. The van der Waals surface area contributed by atoms with Gasteiger partial charge in [-0.2, -0.15) is 0 Å². The van der Waals surface area contributed by atoms with Gasteiger partial charge >= 0.3 is 5.97 Å². The minimum atomic E-state index is -1.02. The predicted molar refractivity (Wildman–Crippen MR) is 73.6 cm³/mol. The molecular formula is C17H18O3. The average molecular weight is 270 g/mol. The van der Waals surface area contributed by atoms with E-state index in [1.165, 1.54) is 6.42 Å². The molecule has 2 atom stereocenters. The highest BCUT2D eigenvalue weighted by Gasteiger charge is 2.61. The van der Waals surface area contributed by atoms with Gasteiger partial charge in [-0.05, 0) is 42.5 Å². The molecule has 1 aromatic rings. The summed E-state index contributed by atoms with van der Waals surface area (Å²) < 4.78 is 17.9. The highest BCUT2D eigenvalue weighted by molar-refractivity contribution is 5.35. The van der Waals surface area contributed by atoms with Crippen molar-refractivity contribution in [2.75, 3.05) is 19.8 Å². The van der Waals surface area contributed by atoms with Crippen molar-refractivity contribution >= 4 is 0 Å². The Morgan fingerprint density at radius 1 is 1.10 bits per heavy atom. The third-order valence-electron chi connectivity index (χ3n) is 4.95. The molecular weight excluding hydrogens is 252 g/mol. The number of hydrogen-bond donors (Lipinski definition) is 0. The predicted octanol–water partition coefficient (Wildman–Crippen LogP) is 2.50. The van der Waals surface area contributed by atoms with Crippen LogP contribution in [0.5, 0.6) is 0 Å². The quantitative estimate of drug-likeness (QED) is 0.773. The number of fused-ring (bicyclic) bond motifs is 3. The SMILES string of the molecule is C#Cc1ccc(C23OCC([C@@H]4C[C@H]4C)(CO2)CO3)cc1. The molecule has 4 aliphatic rings. The summed E-state index contributed by atoms with van der Waals surface area (Å²) in [6.07, 6.45) is 6.64. The first-order valence-corrected chi connectivity index (χ1v) is 7.16. The molecule has 4 fully saturated rings. The molecule has 3 saturated heterocycles. The molecule has 0 unspecified atom stereocenters. The van der Waals surface area contributed by atoms with Crippen molar-refractivity contribution in [1.82, 2.24) is 0 Å². The molecule has 0 N–H and O–H groups in total. The van der Waals surface area contributed by atoms with E-state index in [0.29, 0.717) is 5.92 Å². The zero-order chi connectivity index (χ0) is 13.8. The zero-order valence-electron chi connectivity index (χ0n) is 11.6. The van der Waals surface area contributed by atoms with Crippen LogP contribution in [-0.2, 0) is 20.2 Å². The Morgan fingerprint density at radius 3 is 2.10 bits per heavy atom. The topological polar surface area (TPSA) is 27.7 Å². The number of terminal acetylenes is 1. The lowest BCUT2D eigenvalue weighted by Gasteiger charge is -2.52. The fourth-order valence-corrected chi connectivity index (χ4v) is 3.48. The first kappa shape index (κ1) is 12.4. The van der Waals surface area contributed by atoms with Crippen molar-refractivity contribution in [3.63, 3.8) is 0 Å². The normalized spacial score (nSPS) is 42.2. The van der Waals surface area contributed by atoms with Gasteiger partial charge in [0.05, 0.1) is 19.8 Å². The van der Waals surface area contributed by atoms with E-state index in [2.05, 4.69) is 12.8 Å². The summed E-state index contributed by atoms with van der Waals surface area (Å²) in [6, 6.07) is 7.62. The zero-order valence-corrected chi connectivity index (χ0v) is 11.6. The molecule has 104 valence electrons. The smallest absolute Gasteiger partial charge is 0.312 e. The minimum Gasteiger partial charge on any atom is -0.323 e. The van der Waals surface area contributed by atoms with E-state index >= 15 is 0 Å². The maximum atomic E-state index is 5.98. The van der Waals surface area contributed by atoms with Crippen molar-refractivity contribution in [3.05, 3.63) is 35.4 Å². The molecule has 20 heavy (non-hydrogen) atoms. The molecule has 0 aromatic heterocycles. The monoisotopic (exact) mass is 270 g/mol. The van der Waals surface area contributed by atoms with E-state index < -0.39 is 5.97 Å². The van der Waals surface area contributed by atoms with Crippen LogP contribution < -0.4 is 0 Å². The van der Waals surface area contributed by atoms with E-state index in [4.69, 9.17) is 20.6 Å². The maximum absolute atomic E-state index is 5.98. The Bertz CT molecular complexity index is 544. The lowest BCUT2D eigenvalue weighted by molar-refractivity contribution is -0.482. The van der Waals surface area contributed by atoms with Crippen molar-refractivity contribution in [1.29, 1.82) is 0 Å².